The van der Waals surface area contributed by atoms with Gasteiger partial charge in [-0.25, -0.2) is 10.8 Å². The van der Waals surface area contributed by atoms with Crippen LogP contribution in [0.5, 0.6) is 0 Å². The molecule has 0 spiro atoms. The van der Waals surface area contributed by atoms with Crippen LogP contribution in [0.2, 0.25) is 0 Å². The van der Waals surface area contributed by atoms with Crippen LogP contribution in [-0.2, 0) is 13.5 Å². The fourth-order valence-corrected chi connectivity index (χ4v) is 2.34. The zero-order valence-electron chi connectivity index (χ0n) is 11.5. The molecule has 1 aliphatic rings. The van der Waals surface area contributed by atoms with Gasteiger partial charge in [0.25, 0.3) is 0 Å². The van der Waals surface area contributed by atoms with E-state index in [0.29, 0.717) is 18.5 Å². The minimum atomic E-state index is 0.497. The van der Waals surface area contributed by atoms with E-state index in [4.69, 9.17) is 5.84 Å². The van der Waals surface area contributed by atoms with Crippen LogP contribution >= 0.6 is 0 Å². The van der Waals surface area contributed by atoms with E-state index in [2.05, 4.69) is 25.8 Å². The number of hydrogen-bond acceptors (Lipinski definition) is 4. The van der Waals surface area contributed by atoms with E-state index in [9.17, 15) is 0 Å². The molecule has 1 heterocycles. The highest BCUT2D eigenvalue weighted by molar-refractivity contribution is 5.79. The molecule has 0 atom stereocenters. The number of aromatic nitrogens is 3. The Morgan fingerprint density at radius 3 is 2.89 bits per heavy atom. The lowest BCUT2D eigenvalue weighted by atomic mass is 9.96. The van der Waals surface area contributed by atoms with Crippen molar-refractivity contribution in [3.8, 4) is 0 Å². The average molecular weight is 265 g/mol. The zero-order chi connectivity index (χ0) is 13.5. The third kappa shape index (κ3) is 4.51. The van der Waals surface area contributed by atoms with Crippen molar-refractivity contribution in [1.29, 1.82) is 0 Å². The first kappa shape index (κ1) is 13.8. The molecule has 4 N–H and O–H groups in total. The van der Waals surface area contributed by atoms with Crippen LogP contribution < -0.4 is 16.6 Å². The van der Waals surface area contributed by atoms with Crippen LogP contribution in [0.25, 0.3) is 0 Å². The van der Waals surface area contributed by atoms with Crippen molar-refractivity contribution in [1.82, 2.24) is 25.5 Å². The largest absolute Gasteiger partial charge is 0.353 e. The number of aliphatic imine (C=N–C) groups is 1. The van der Waals surface area contributed by atoms with Gasteiger partial charge in [-0.3, -0.25) is 15.1 Å². The Bertz CT molecular complexity index is 406. The van der Waals surface area contributed by atoms with Crippen LogP contribution in [0.15, 0.2) is 11.3 Å². The highest BCUT2D eigenvalue weighted by atomic mass is 15.3. The Morgan fingerprint density at radius 1 is 1.47 bits per heavy atom. The Balaban J connectivity index is 1.77. The van der Waals surface area contributed by atoms with Gasteiger partial charge in [0.1, 0.15) is 6.33 Å². The van der Waals surface area contributed by atoms with Crippen LogP contribution in [0.1, 0.15) is 37.9 Å². The lowest BCUT2D eigenvalue weighted by Gasteiger charge is -2.24. The second-order valence-corrected chi connectivity index (χ2v) is 4.94. The molecule has 7 heteroatoms. The average Bonchev–Trinajstić information content (AvgIpc) is 2.84. The van der Waals surface area contributed by atoms with Crippen molar-refractivity contribution in [3.05, 3.63) is 12.2 Å². The van der Waals surface area contributed by atoms with E-state index in [1.807, 2.05) is 7.05 Å². The maximum absolute atomic E-state index is 5.49. The van der Waals surface area contributed by atoms with Crippen molar-refractivity contribution >= 4 is 5.96 Å². The molecule has 0 aliphatic heterocycles. The summed E-state index contributed by atoms with van der Waals surface area (Å²) in [6, 6.07) is 0.497. The van der Waals surface area contributed by atoms with Gasteiger partial charge < -0.3 is 5.32 Å². The third-order valence-corrected chi connectivity index (χ3v) is 3.34. The number of nitrogens with zero attached hydrogens (tertiary/aromatic N) is 4. The van der Waals surface area contributed by atoms with Gasteiger partial charge in [-0.15, -0.1) is 0 Å². The molecule has 7 nitrogen and oxygen atoms in total. The van der Waals surface area contributed by atoms with E-state index in [0.717, 1.165) is 12.2 Å². The molecule has 0 amide bonds. The van der Waals surface area contributed by atoms with Crippen molar-refractivity contribution in [2.75, 3.05) is 6.54 Å². The molecular formula is C12H23N7. The van der Waals surface area contributed by atoms with Crippen molar-refractivity contribution in [3.63, 3.8) is 0 Å². The molecule has 0 bridgehead atoms. The molecule has 1 aromatic heterocycles. The maximum atomic E-state index is 5.49. The predicted molar refractivity (Wildman–Crippen MR) is 74.3 cm³/mol. The SMILES string of the molecule is Cn1cnc(CCN=C(NN)NC2CCCCC2)n1. The van der Waals surface area contributed by atoms with Crippen molar-refractivity contribution < 1.29 is 0 Å². The van der Waals surface area contributed by atoms with E-state index < -0.39 is 0 Å². The summed E-state index contributed by atoms with van der Waals surface area (Å²) in [5, 5.41) is 7.58. The van der Waals surface area contributed by atoms with Gasteiger partial charge in [0.05, 0.1) is 0 Å². The number of hydrazine groups is 1. The van der Waals surface area contributed by atoms with Crippen LogP contribution in [0.4, 0.5) is 0 Å². The van der Waals surface area contributed by atoms with E-state index in [1.54, 1.807) is 11.0 Å². The van der Waals surface area contributed by atoms with Crippen LogP contribution in [-0.4, -0.2) is 33.3 Å². The first-order valence-electron chi connectivity index (χ1n) is 6.90. The summed E-state index contributed by atoms with van der Waals surface area (Å²) in [7, 11) is 1.86. The van der Waals surface area contributed by atoms with Crippen LogP contribution in [0.3, 0.4) is 0 Å². The highest BCUT2D eigenvalue weighted by Gasteiger charge is 2.14. The highest BCUT2D eigenvalue weighted by Crippen LogP contribution is 2.17. The fraction of sp³-hybridized carbons (Fsp3) is 0.750. The first-order valence-corrected chi connectivity index (χ1v) is 6.90. The molecule has 1 fully saturated rings. The standard InChI is InChI=1S/C12H23N7/c1-19-9-15-11(18-19)7-8-14-12(17-13)16-10-5-3-2-4-6-10/h9-10H,2-8,13H2,1H3,(H2,14,16,17). The lowest BCUT2D eigenvalue weighted by molar-refractivity contribution is 0.410. The molecule has 106 valence electrons. The van der Waals surface area contributed by atoms with Gasteiger partial charge in [0, 0.05) is 26.1 Å². The summed E-state index contributed by atoms with van der Waals surface area (Å²) in [4.78, 5) is 8.59. The molecule has 1 saturated carbocycles. The number of rotatable bonds is 4. The Morgan fingerprint density at radius 2 is 2.26 bits per heavy atom. The molecule has 0 aromatic carbocycles. The summed E-state index contributed by atoms with van der Waals surface area (Å²) < 4.78 is 1.70. The topological polar surface area (TPSA) is 93.2 Å². The zero-order valence-corrected chi connectivity index (χ0v) is 11.5. The number of hydrogen-bond donors (Lipinski definition) is 3. The molecule has 2 rings (SSSR count). The van der Waals surface area contributed by atoms with Gasteiger partial charge in [0.15, 0.2) is 5.82 Å². The number of nitrogens with one attached hydrogen (secondary N) is 2. The van der Waals surface area contributed by atoms with Crippen LogP contribution in [0, 0.1) is 0 Å². The molecule has 1 aliphatic carbocycles. The monoisotopic (exact) mass is 265 g/mol. The summed E-state index contributed by atoms with van der Waals surface area (Å²) in [6.07, 6.45) is 8.72. The molecular weight excluding hydrogens is 242 g/mol. The van der Waals surface area contributed by atoms with E-state index in [-0.39, 0.29) is 0 Å². The maximum Gasteiger partial charge on any atom is 0.205 e. The second-order valence-electron chi connectivity index (χ2n) is 4.94. The van der Waals surface area contributed by atoms with E-state index in [1.165, 1.54) is 32.1 Å². The minimum Gasteiger partial charge on any atom is -0.353 e. The van der Waals surface area contributed by atoms with Gasteiger partial charge in [0.2, 0.25) is 5.96 Å². The summed E-state index contributed by atoms with van der Waals surface area (Å²) in [5.41, 5.74) is 2.63. The van der Waals surface area contributed by atoms with Gasteiger partial charge >= 0.3 is 0 Å². The second kappa shape index (κ2) is 7.08. The summed E-state index contributed by atoms with van der Waals surface area (Å²) in [5.74, 6) is 6.97. The normalized spacial score (nSPS) is 17.5. The number of guanidine groups is 1. The van der Waals surface area contributed by atoms with E-state index >= 15 is 0 Å². The molecule has 0 unspecified atom stereocenters. The quantitative estimate of drug-likeness (QED) is 0.311. The van der Waals surface area contributed by atoms with Gasteiger partial charge in [-0.1, -0.05) is 19.3 Å². The summed E-state index contributed by atoms with van der Waals surface area (Å²) >= 11 is 0. The third-order valence-electron chi connectivity index (χ3n) is 3.34. The van der Waals surface area contributed by atoms with Gasteiger partial charge in [-0.2, -0.15) is 5.10 Å². The number of aryl methyl sites for hydroxylation is 1. The van der Waals surface area contributed by atoms with Crippen molar-refractivity contribution in [2.45, 2.75) is 44.6 Å². The lowest BCUT2D eigenvalue weighted by Crippen LogP contribution is -2.47. The fourth-order valence-electron chi connectivity index (χ4n) is 2.34. The minimum absolute atomic E-state index is 0.497. The molecule has 19 heavy (non-hydrogen) atoms. The number of nitrogens with two attached hydrogens (primary N) is 1. The van der Waals surface area contributed by atoms with Gasteiger partial charge in [-0.05, 0) is 12.8 Å². The smallest absolute Gasteiger partial charge is 0.205 e. The van der Waals surface area contributed by atoms with Crippen molar-refractivity contribution in [2.24, 2.45) is 17.9 Å². The molecule has 0 radical (unpaired) electrons. The Labute approximate surface area is 113 Å². The first-order chi connectivity index (χ1) is 9.28. The Hall–Kier alpha value is -1.63. The summed E-state index contributed by atoms with van der Waals surface area (Å²) in [6.45, 7) is 0.628. The molecule has 1 aromatic rings. The Kier molecular flexibility index (Phi) is 5.14. The predicted octanol–water partition coefficient (Wildman–Crippen LogP) is 0.0992. The molecule has 0 saturated heterocycles.